The molecule has 0 unspecified atom stereocenters. The Morgan fingerprint density at radius 1 is 1.11 bits per heavy atom. The maximum absolute atomic E-state index is 12.8. The lowest BCUT2D eigenvalue weighted by molar-refractivity contribution is 0.0715. The summed E-state index contributed by atoms with van der Waals surface area (Å²) in [6.45, 7) is 4.04. The van der Waals surface area contributed by atoms with Gasteiger partial charge in [-0.15, -0.1) is 0 Å². The van der Waals surface area contributed by atoms with Crippen molar-refractivity contribution in [2.75, 3.05) is 38.2 Å². The first-order valence-corrected chi connectivity index (χ1v) is 9.02. The van der Waals surface area contributed by atoms with Gasteiger partial charge < -0.3 is 19.0 Å². The summed E-state index contributed by atoms with van der Waals surface area (Å²) in [5.74, 6) is 1.70. The minimum absolute atomic E-state index is 0.0664. The van der Waals surface area contributed by atoms with Crippen LogP contribution in [0, 0.1) is 6.92 Å². The van der Waals surface area contributed by atoms with Gasteiger partial charge in [0, 0.05) is 38.3 Å². The van der Waals surface area contributed by atoms with E-state index >= 15 is 0 Å². The molecule has 0 aliphatic carbocycles. The van der Waals surface area contributed by atoms with Crippen molar-refractivity contribution in [1.82, 2.24) is 14.9 Å². The predicted molar refractivity (Wildman–Crippen MR) is 104 cm³/mol. The highest BCUT2D eigenvalue weighted by atomic mass is 16.5. The molecule has 0 atom stereocenters. The van der Waals surface area contributed by atoms with Gasteiger partial charge in [-0.1, -0.05) is 12.1 Å². The van der Waals surface area contributed by atoms with Crippen molar-refractivity contribution in [2.45, 2.75) is 6.92 Å². The number of carbonyl (C=O) groups excluding carboxylic acids is 1. The normalized spacial score (nSPS) is 14.4. The summed E-state index contributed by atoms with van der Waals surface area (Å²) in [5, 5.41) is 0.469. The monoisotopic (exact) mass is 380 g/mol. The lowest BCUT2D eigenvalue weighted by atomic mass is 10.2. The summed E-state index contributed by atoms with van der Waals surface area (Å²) in [6.07, 6.45) is 0. The Balaban J connectivity index is 1.50. The fourth-order valence-electron chi connectivity index (χ4n) is 3.30. The molecule has 4 rings (SSSR count). The number of ether oxygens (including phenoxy) is 1. The molecule has 0 spiro atoms. The van der Waals surface area contributed by atoms with Crippen LogP contribution in [0.3, 0.4) is 0 Å². The van der Waals surface area contributed by atoms with Gasteiger partial charge in [0.2, 0.25) is 5.88 Å². The van der Waals surface area contributed by atoms with Crippen molar-refractivity contribution in [1.29, 1.82) is 0 Å². The van der Waals surface area contributed by atoms with Crippen LogP contribution in [-0.4, -0.2) is 54.1 Å². The third kappa shape index (κ3) is 3.40. The van der Waals surface area contributed by atoms with Gasteiger partial charge in [0.1, 0.15) is 17.2 Å². The van der Waals surface area contributed by atoms with E-state index in [2.05, 4.69) is 14.9 Å². The number of hydrogen-bond acceptors (Lipinski definition) is 7. The van der Waals surface area contributed by atoms with Gasteiger partial charge >= 0.3 is 0 Å². The predicted octanol–water partition coefficient (Wildman–Crippen LogP) is 1.86. The van der Waals surface area contributed by atoms with Gasteiger partial charge in [-0.05, 0) is 19.1 Å². The first-order chi connectivity index (χ1) is 13.5. The lowest BCUT2D eigenvalue weighted by Crippen LogP contribution is -2.49. The van der Waals surface area contributed by atoms with Crippen LogP contribution in [0.15, 0.2) is 45.6 Å². The van der Waals surface area contributed by atoms with Crippen LogP contribution in [0.25, 0.3) is 11.0 Å². The van der Waals surface area contributed by atoms with Gasteiger partial charge in [-0.2, -0.15) is 4.98 Å². The number of nitrogens with zero attached hydrogens (tertiary/aromatic N) is 4. The second-order valence-electron chi connectivity index (χ2n) is 6.57. The number of aryl methyl sites for hydroxylation is 1. The van der Waals surface area contributed by atoms with Crippen molar-refractivity contribution in [2.24, 2.45) is 0 Å². The van der Waals surface area contributed by atoms with Crippen LogP contribution in [0.2, 0.25) is 0 Å². The Hall–Kier alpha value is -3.42. The van der Waals surface area contributed by atoms with Crippen LogP contribution in [-0.2, 0) is 0 Å². The summed E-state index contributed by atoms with van der Waals surface area (Å²) >= 11 is 0. The topological polar surface area (TPSA) is 88.8 Å². The van der Waals surface area contributed by atoms with Gasteiger partial charge in [0.25, 0.3) is 5.91 Å². The molecule has 144 valence electrons. The summed E-state index contributed by atoms with van der Waals surface area (Å²) in [7, 11) is 1.57. The zero-order chi connectivity index (χ0) is 19.7. The van der Waals surface area contributed by atoms with E-state index in [0.29, 0.717) is 48.9 Å². The highest BCUT2D eigenvalue weighted by Gasteiger charge is 2.25. The van der Waals surface area contributed by atoms with Crippen molar-refractivity contribution in [3.63, 3.8) is 0 Å². The number of aromatic nitrogens is 2. The van der Waals surface area contributed by atoms with E-state index in [0.717, 1.165) is 5.82 Å². The van der Waals surface area contributed by atoms with E-state index in [9.17, 15) is 9.59 Å². The molecular weight excluding hydrogens is 360 g/mol. The molecule has 1 aliphatic rings. The highest BCUT2D eigenvalue weighted by Crippen LogP contribution is 2.20. The smallest absolute Gasteiger partial charge is 0.289 e. The second-order valence-corrected chi connectivity index (χ2v) is 6.57. The lowest BCUT2D eigenvalue weighted by Gasteiger charge is -2.35. The van der Waals surface area contributed by atoms with Gasteiger partial charge in [0.05, 0.1) is 12.5 Å². The molecule has 1 amide bonds. The molecule has 1 fully saturated rings. The molecule has 8 heteroatoms. The number of piperazine rings is 1. The van der Waals surface area contributed by atoms with E-state index in [1.54, 1.807) is 42.3 Å². The number of amides is 1. The maximum Gasteiger partial charge on any atom is 0.289 e. The standard InChI is InChI=1S/C20H20N4O4/c1-13-21-18(12-19(22-13)27-2)23-7-9-24(10-8-23)20(26)17-11-15(25)14-5-3-4-6-16(14)28-17/h3-6,11-12H,7-10H2,1-2H3. The van der Waals surface area contributed by atoms with Crippen LogP contribution >= 0.6 is 0 Å². The summed E-state index contributed by atoms with van der Waals surface area (Å²) in [5.41, 5.74) is 0.202. The van der Waals surface area contributed by atoms with Crippen molar-refractivity contribution < 1.29 is 13.9 Å². The third-order valence-electron chi connectivity index (χ3n) is 4.75. The van der Waals surface area contributed by atoms with Crippen LogP contribution in [0.4, 0.5) is 5.82 Å². The Kier molecular flexibility index (Phi) is 4.68. The van der Waals surface area contributed by atoms with E-state index < -0.39 is 0 Å². The maximum atomic E-state index is 12.8. The quantitative estimate of drug-likeness (QED) is 0.685. The first-order valence-electron chi connectivity index (χ1n) is 9.02. The second kappa shape index (κ2) is 7.30. The minimum Gasteiger partial charge on any atom is -0.481 e. The zero-order valence-corrected chi connectivity index (χ0v) is 15.7. The largest absolute Gasteiger partial charge is 0.481 e. The molecule has 0 saturated carbocycles. The molecule has 0 bridgehead atoms. The Morgan fingerprint density at radius 3 is 2.61 bits per heavy atom. The summed E-state index contributed by atoms with van der Waals surface area (Å²) < 4.78 is 10.9. The molecule has 1 saturated heterocycles. The Bertz CT molecular complexity index is 1090. The Morgan fingerprint density at radius 2 is 1.86 bits per heavy atom. The van der Waals surface area contributed by atoms with E-state index in [1.807, 2.05) is 6.92 Å². The van der Waals surface area contributed by atoms with Crippen molar-refractivity contribution in [3.8, 4) is 5.88 Å². The molecule has 2 aromatic heterocycles. The number of methoxy groups -OCH3 is 1. The van der Waals surface area contributed by atoms with E-state index in [4.69, 9.17) is 9.15 Å². The number of carbonyl (C=O) groups is 1. The molecular formula is C20H20N4O4. The summed E-state index contributed by atoms with van der Waals surface area (Å²) in [4.78, 5) is 37.5. The molecule has 0 N–H and O–H groups in total. The van der Waals surface area contributed by atoms with E-state index in [-0.39, 0.29) is 17.1 Å². The van der Waals surface area contributed by atoms with Crippen LogP contribution < -0.4 is 15.1 Å². The molecule has 1 aromatic carbocycles. The Labute approximate surface area is 161 Å². The first kappa shape index (κ1) is 18.0. The highest BCUT2D eigenvalue weighted by molar-refractivity contribution is 5.93. The molecule has 0 radical (unpaired) electrons. The number of benzene rings is 1. The average molecular weight is 380 g/mol. The molecule has 1 aliphatic heterocycles. The van der Waals surface area contributed by atoms with Gasteiger partial charge in [-0.25, -0.2) is 4.98 Å². The fourth-order valence-corrected chi connectivity index (χ4v) is 3.30. The number of hydrogen-bond donors (Lipinski definition) is 0. The third-order valence-corrected chi connectivity index (χ3v) is 4.75. The van der Waals surface area contributed by atoms with E-state index in [1.165, 1.54) is 6.07 Å². The van der Waals surface area contributed by atoms with Crippen LogP contribution in [0.1, 0.15) is 16.4 Å². The zero-order valence-electron chi connectivity index (χ0n) is 15.7. The summed E-state index contributed by atoms with van der Waals surface area (Å²) in [6, 6.07) is 9.98. The molecule has 3 aromatic rings. The molecule has 28 heavy (non-hydrogen) atoms. The van der Waals surface area contributed by atoms with Gasteiger partial charge in [-0.3, -0.25) is 9.59 Å². The van der Waals surface area contributed by atoms with Gasteiger partial charge in [0.15, 0.2) is 11.2 Å². The van der Waals surface area contributed by atoms with Crippen molar-refractivity contribution >= 4 is 22.7 Å². The van der Waals surface area contributed by atoms with Crippen molar-refractivity contribution in [3.05, 3.63) is 58.2 Å². The number of rotatable bonds is 3. The average Bonchev–Trinajstić information content (AvgIpc) is 2.73. The van der Waals surface area contributed by atoms with Crippen LogP contribution in [0.5, 0.6) is 5.88 Å². The number of anilines is 1. The number of para-hydroxylation sites is 1. The molecule has 3 heterocycles. The molecule has 8 nitrogen and oxygen atoms in total. The SMILES string of the molecule is COc1cc(N2CCN(C(=O)c3cc(=O)c4ccccc4o3)CC2)nc(C)n1. The number of fused-ring (bicyclic) bond motifs is 1. The minimum atomic E-state index is -0.279. The fraction of sp³-hybridized carbons (Fsp3) is 0.300.